The Morgan fingerprint density at radius 2 is 1.61 bits per heavy atom. The van der Waals surface area contributed by atoms with E-state index in [9.17, 15) is 19.2 Å². The van der Waals surface area contributed by atoms with Gasteiger partial charge < -0.3 is 10.6 Å². The Balaban J connectivity index is 1.45. The number of fused-ring (bicyclic) bond motifs is 1. The highest BCUT2D eigenvalue weighted by molar-refractivity contribution is 6.04. The van der Waals surface area contributed by atoms with E-state index in [1.165, 1.54) is 0 Å². The summed E-state index contributed by atoms with van der Waals surface area (Å²) < 4.78 is 1.00. The maximum absolute atomic E-state index is 12.6. The molecular weight excluding hydrogens is 420 g/mol. The van der Waals surface area contributed by atoms with Gasteiger partial charge in [0, 0.05) is 11.3 Å². The molecule has 3 N–H and O–H groups in total. The van der Waals surface area contributed by atoms with E-state index in [1.54, 1.807) is 73.7 Å². The first-order chi connectivity index (χ1) is 15.9. The standard InChI is InChI=1S/C25H22N4O4/c1-16(18-10-7-11-19(14-18)27-23(31)17-8-3-2-4-9-17)26-22(30)15-29-25(33)21-13-6-5-12-20(21)24(32)28-29/h2-14,16H,15H2,1H3,(H,26,30)(H,27,31)(H,28,32). The van der Waals surface area contributed by atoms with Gasteiger partial charge in [0.15, 0.2) is 0 Å². The van der Waals surface area contributed by atoms with E-state index in [0.29, 0.717) is 11.3 Å². The molecule has 33 heavy (non-hydrogen) atoms. The number of aromatic amines is 1. The van der Waals surface area contributed by atoms with Gasteiger partial charge in [-0.15, -0.1) is 0 Å². The number of hydrogen-bond donors (Lipinski definition) is 3. The Morgan fingerprint density at radius 1 is 0.909 bits per heavy atom. The third-order valence-electron chi connectivity index (χ3n) is 5.24. The van der Waals surface area contributed by atoms with Crippen LogP contribution in [-0.4, -0.2) is 21.6 Å². The second-order valence-corrected chi connectivity index (χ2v) is 7.61. The average molecular weight is 442 g/mol. The minimum atomic E-state index is -0.446. The second kappa shape index (κ2) is 9.35. The van der Waals surface area contributed by atoms with E-state index in [-0.39, 0.29) is 23.2 Å². The lowest BCUT2D eigenvalue weighted by molar-refractivity contribution is -0.122. The zero-order valence-corrected chi connectivity index (χ0v) is 17.9. The highest BCUT2D eigenvalue weighted by Crippen LogP contribution is 2.18. The number of benzene rings is 3. The first kappa shape index (κ1) is 21.8. The van der Waals surface area contributed by atoms with Crippen molar-refractivity contribution in [2.75, 3.05) is 5.32 Å². The van der Waals surface area contributed by atoms with Crippen LogP contribution in [0.4, 0.5) is 5.69 Å². The minimum Gasteiger partial charge on any atom is -0.348 e. The van der Waals surface area contributed by atoms with Crippen LogP contribution in [0.5, 0.6) is 0 Å². The van der Waals surface area contributed by atoms with Gasteiger partial charge in [0.1, 0.15) is 6.54 Å². The number of amides is 2. The lowest BCUT2D eigenvalue weighted by Gasteiger charge is -2.16. The highest BCUT2D eigenvalue weighted by atomic mass is 16.2. The predicted octanol–water partition coefficient (Wildman–Crippen LogP) is 2.82. The molecule has 0 aliphatic carbocycles. The Bertz CT molecular complexity index is 1440. The van der Waals surface area contributed by atoms with Crippen LogP contribution < -0.4 is 21.8 Å². The van der Waals surface area contributed by atoms with Crippen LogP contribution in [0.25, 0.3) is 10.8 Å². The number of carbonyl (C=O) groups excluding carboxylic acids is 2. The molecule has 3 aromatic carbocycles. The summed E-state index contributed by atoms with van der Waals surface area (Å²) in [5.41, 5.74) is 1.02. The fourth-order valence-electron chi connectivity index (χ4n) is 3.55. The molecule has 2 amide bonds. The van der Waals surface area contributed by atoms with Crippen molar-refractivity contribution in [3.05, 3.63) is 111 Å². The molecule has 8 heteroatoms. The zero-order chi connectivity index (χ0) is 23.4. The molecule has 0 saturated heterocycles. The molecule has 1 heterocycles. The van der Waals surface area contributed by atoms with Crippen molar-refractivity contribution >= 4 is 28.3 Å². The maximum Gasteiger partial charge on any atom is 0.273 e. The lowest BCUT2D eigenvalue weighted by Crippen LogP contribution is -2.37. The van der Waals surface area contributed by atoms with Crippen LogP contribution >= 0.6 is 0 Å². The second-order valence-electron chi connectivity index (χ2n) is 7.61. The molecule has 1 aromatic heterocycles. The van der Waals surface area contributed by atoms with Gasteiger partial charge in [-0.2, -0.15) is 0 Å². The molecule has 0 aliphatic heterocycles. The molecule has 8 nitrogen and oxygen atoms in total. The van der Waals surface area contributed by atoms with Crippen LogP contribution in [0, 0.1) is 0 Å². The number of hydrogen-bond acceptors (Lipinski definition) is 4. The zero-order valence-electron chi connectivity index (χ0n) is 17.9. The molecule has 0 radical (unpaired) electrons. The Kier molecular flexibility index (Phi) is 6.17. The molecule has 0 spiro atoms. The fourth-order valence-corrected chi connectivity index (χ4v) is 3.55. The summed E-state index contributed by atoms with van der Waals surface area (Å²) in [5.74, 6) is -0.668. The fraction of sp³-hybridized carbons (Fsp3) is 0.120. The number of nitrogens with zero attached hydrogens (tertiary/aromatic N) is 1. The molecule has 0 saturated carbocycles. The molecule has 4 rings (SSSR count). The van der Waals surface area contributed by atoms with E-state index in [1.807, 2.05) is 12.1 Å². The summed E-state index contributed by atoms with van der Waals surface area (Å²) in [5, 5.41) is 8.64. The average Bonchev–Trinajstić information content (AvgIpc) is 2.83. The third kappa shape index (κ3) is 4.90. The summed E-state index contributed by atoms with van der Waals surface area (Å²) in [6.07, 6.45) is 0. The van der Waals surface area contributed by atoms with Crippen LogP contribution in [0.2, 0.25) is 0 Å². The number of rotatable bonds is 6. The van der Waals surface area contributed by atoms with Gasteiger partial charge in [0.25, 0.3) is 17.0 Å². The molecule has 0 bridgehead atoms. The van der Waals surface area contributed by atoms with Crippen molar-refractivity contribution in [2.45, 2.75) is 19.5 Å². The summed E-state index contributed by atoms with van der Waals surface area (Å²) in [7, 11) is 0. The van der Waals surface area contributed by atoms with E-state index >= 15 is 0 Å². The van der Waals surface area contributed by atoms with E-state index in [0.717, 1.165) is 10.2 Å². The van der Waals surface area contributed by atoms with Crippen molar-refractivity contribution in [3.63, 3.8) is 0 Å². The largest absolute Gasteiger partial charge is 0.348 e. The number of anilines is 1. The van der Waals surface area contributed by atoms with Crippen molar-refractivity contribution in [2.24, 2.45) is 0 Å². The SMILES string of the molecule is CC(NC(=O)Cn1[nH]c(=O)c2ccccc2c1=O)c1cccc(NC(=O)c2ccccc2)c1. The van der Waals surface area contributed by atoms with Crippen molar-refractivity contribution in [1.29, 1.82) is 0 Å². The smallest absolute Gasteiger partial charge is 0.273 e. The van der Waals surface area contributed by atoms with Crippen LogP contribution in [0.1, 0.15) is 28.9 Å². The van der Waals surface area contributed by atoms with Gasteiger partial charge in [-0.3, -0.25) is 24.3 Å². The molecule has 1 atom stereocenters. The predicted molar refractivity (Wildman–Crippen MR) is 126 cm³/mol. The number of aromatic nitrogens is 2. The summed E-state index contributed by atoms with van der Waals surface area (Å²) >= 11 is 0. The normalized spacial score (nSPS) is 11.7. The number of carbonyl (C=O) groups is 2. The summed E-state index contributed by atoms with van der Waals surface area (Å²) in [4.78, 5) is 49.8. The highest BCUT2D eigenvalue weighted by Gasteiger charge is 2.14. The monoisotopic (exact) mass is 442 g/mol. The summed E-state index contributed by atoms with van der Waals surface area (Å²) in [6.45, 7) is 1.47. The van der Waals surface area contributed by atoms with Crippen molar-refractivity contribution in [1.82, 2.24) is 15.1 Å². The Morgan fingerprint density at radius 3 is 2.36 bits per heavy atom. The first-order valence-corrected chi connectivity index (χ1v) is 10.4. The van der Waals surface area contributed by atoms with Gasteiger partial charge in [0.05, 0.1) is 16.8 Å². The van der Waals surface area contributed by atoms with Crippen molar-refractivity contribution in [3.8, 4) is 0 Å². The lowest BCUT2D eigenvalue weighted by atomic mass is 10.1. The molecular formula is C25H22N4O4. The van der Waals surface area contributed by atoms with Gasteiger partial charge >= 0.3 is 0 Å². The third-order valence-corrected chi connectivity index (χ3v) is 5.24. The molecule has 4 aromatic rings. The number of H-pyrrole nitrogens is 1. The Labute approximate surface area is 188 Å². The van der Waals surface area contributed by atoms with Crippen LogP contribution in [0.15, 0.2) is 88.5 Å². The van der Waals surface area contributed by atoms with Crippen LogP contribution in [0.3, 0.4) is 0 Å². The van der Waals surface area contributed by atoms with E-state index in [4.69, 9.17) is 0 Å². The van der Waals surface area contributed by atoms with Gasteiger partial charge in [-0.05, 0) is 48.9 Å². The quantitative estimate of drug-likeness (QED) is 0.426. The summed E-state index contributed by atoms with van der Waals surface area (Å²) in [6, 6.07) is 22.1. The molecule has 1 unspecified atom stereocenters. The van der Waals surface area contributed by atoms with Crippen molar-refractivity contribution < 1.29 is 9.59 Å². The molecule has 0 fully saturated rings. The number of nitrogens with one attached hydrogen (secondary N) is 3. The Hall–Kier alpha value is -4.46. The molecule has 0 aliphatic rings. The van der Waals surface area contributed by atoms with Gasteiger partial charge in [-0.25, -0.2) is 4.68 Å². The molecule has 166 valence electrons. The minimum absolute atomic E-state index is 0.232. The topological polar surface area (TPSA) is 113 Å². The maximum atomic E-state index is 12.6. The first-order valence-electron chi connectivity index (χ1n) is 10.4. The van der Waals surface area contributed by atoms with Gasteiger partial charge in [0.2, 0.25) is 5.91 Å². The van der Waals surface area contributed by atoms with E-state index < -0.39 is 23.1 Å². The van der Waals surface area contributed by atoms with Crippen LogP contribution in [-0.2, 0) is 11.3 Å². The van der Waals surface area contributed by atoms with E-state index in [2.05, 4.69) is 15.7 Å². The van der Waals surface area contributed by atoms with Gasteiger partial charge in [-0.1, -0.05) is 42.5 Å².